The van der Waals surface area contributed by atoms with Gasteiger partial charge in [-0.25, -0.2) is 9.63 Å². The molecule has 1 unspecified atom stereocenters. The number of nitrogens with zero attached hydrogens (tertiary/aromatic N) is 2. The Hall–Kier alpha value is -4.70. The summed E-state index contributed by atoms with van der Waals surface area (Å²) in [4.78, 5) is 42.2. The maximum absolute atomic E-state index is 13.8. The molecule has 6 rings (SSSR count). The molecule has 1 saturated heterocycles. The molecule has 208 valence electrons. The van der Waals surface area contributed by atoms with Crippen LogP contribution in [0.4, 0.5) is 5.69 Å². The van der Waals surface area contributed by atoms with Gasteiger partial charge in [-0.2, -0.15) is 4.89 Å². The molecule has 0 aliphatic carbocycles. The van der Waals surface area contributed by atoms with Crippen LogP contribution in [-0.4, -0.2) is 23.4 Å². The fourth-order valence-electron chi connectivity index (χ4n) is 4.82. The number of rotatable bonds is 8. The lowest BCUT2D eigenvalue weighted by Gasteiger charge is -2.17. The van der Waals surface area contributed by atoms with Gasteiger partial charge in [-0.3, -0.25) is 9.36 Å². The van der Waals surface area contributed by atoms with Gasteiger partial charge in [0.2, 0.25) is 6.29 Å². The van der Waals surface area contributed by atoms with Crippen LogP contribution in [0.3, 0.4) is 0 Å². The summed E-state index contributed by atoms with van der Waals surface area (Å²) in [5.74, 6) is -0.117. The van der Waals surface area contributed by atoms with Crippen molar-refractivity contribution < 1.29 is 29.0 Å². The van der Waals surface area contributed by atoms with Crippen molar-refractivity contribution in [3.63, 3.8) is 0 Å². The van der Waals surface area contributed by atoms with Gasteiger partial charge < -0.3 is 9.47 Å². The summed E-state index contributed by atoms with van der Waals surface area (Å²) in [6.45, 7) is 4.13. The highest BCUT2D eigenvalue weighted by atomic mass is 17.4. The number of hydrogen-bond donors (Lipinski definition) is 0. The third kappa shape index (κ3) is 5.51. The molecule has 0 N–H and O–H groups in total. The third-order valence-corrected chi connectivity index (χ3v) is 6.74. The van der Waals surface area contributed by atoms with E-state index in [-0.39, 0.29) is 18.7 Å². The van der Waals surface area contributed by atoms with Crippen LogP contribution < -0.4 is 15.5 Å². The zero-order chi connectivity index (χ0) is 28.3. The van der Waals surface area contributed by atoms with Gasteiger partial charge >= 0.3 is 5.97 Å². The predicted molar refractivity (Wildman–Crippen MR) is 153 cm³/mol. The highest BCUT2D eigenvalue weighted by Crippen LogP contribution is 2.29. The molecule has 1 atom stereocenters. The van der Waals surface area contributed by atoms with Crippen molar-refractivity contribution in [3.8, 4) is 5.75 Å². The van der Waals surface area contributed by atoms with Gasteiger partial charge in [0, 0.05) is 5.39 Å². The minimum Gasteiger partial charge on any atom is -0.487 e. The van der Waals surface area contributed by atoms with E-state index in [2.05, 4.69) is 0 Å². The number of carbonyl (C=O) groups excluding carboxylic acids is 1. The molecule has 0 amide bonds. The lowest BCUT2D eigenvalue weighted by atomic mass is 10.1. The molecular formula is C32H28N2O7. The fourth-order valence-corrected chi connectivity index (χ4v) is 4.82. The van der Waals surface area contributed by atoms with Crippen molar-refractivity contribution in [3.05, 3.63) is 118 Å². The van der Waals surface area contributed by atoms with Crippen molar-refractivity contribution in [2.45, 2.75) is 33.3 Å². The number of fused-ring (bicyclic) bond motifs is 2. The van der Waals surface area contributed by atoms with Crippen molar-refractivity contribution in [2.75, 3.05) is 11.8 Å². The lowest BCUT2D eigenvalue weighted by Crippen LogP contribution is -2.28. The second-order valence-corrected chi connectivity index (χ2v) is 9.60. The Morgan fingerprint density at radius 2 is 1.71 bits per heavy atom. The van der Waals surface area contributed by atoms with E-state index in [1.165, 1.54) is 5.23 Å². The zero-order valence-corrected chi connectivity index (χ0v) is 22.6. The van der Waals surface area contributed by atoms with E-state index in [0.717, 1.165) is 21.9 Å². The summed E-state index contributed by atoms with van der Waals surface area (Å²) in [7, 11) is 0. The average Bonchev–Trinajstić information content (AvgIpc) is 3.43. The first-order valence-electron chi connectivity index (χ1n) is 13.3. The Kier molecular flexibility index (Phi) is 7.39. The minimum atomic E-state index is -0.658. The summed E-state index contributed by atoms with van der Waals surface area (Å²) < 4.78 is 13.0. The Balaban J connectivity index is 1.43. The largest absolute Gasteiger partial charge is 0.487 e. The SMILES string of the molecule is CCOC(=O)c1cc2cccc(OCc3ccccc3)c2n(Cc2ccc3ccc(N4OOC(C)O4)cc3c2)c1=O. The third-order valence-electron chi connectivity index (χ3n) is 6.74. The van der Waals surface area contributed by atoms with Crippen LogP contribution in [0.5, 0.6) is 5.75 Å². The molecule has 0 spiro atoms. The number of carbonyl (C=O) groups is 1. The first-order chi connectivity index (χ1) is 20.0. The molecule has 0 bridgehead atoms. The van der Waals surface area contributed by atoms with Crippen molar-refractivity contribution in [1.29, 1.82) is 0 Å². The van der Waals surface area contributed by atoms with Crippen LogP contribution in [0.15, 0.2) is 95.8 Å². The second kappa shape index (κ2) is 11.4. The highest BCUT2D eigenvalue weighted by molar-refractivity contribution is 5.95. The molecule has 5 aromatic rings. The van der Waals surface area contributed by atoms with Crippen LogP contribution in [-0.2, 0) is 32.6 Å². The predicted octanol–water partition coefficient (Wildman–Crippen LogP) is 5.92. The van der Waals surface area contributed by atoms with Crippen molar-refractivity contribution in [2.24, 2.45) is 0 Å². The molecule has 9 heteroatoms. The molecule has 4 aromatic carbocycles. The quantitative estimate of drug-likeness (QED) is 0.173. The maximum atomic E-state index is 13.8. The van der Waals surface area contributed by atoms with Crippen LogP contribution in [0.2, 0.25) is 0 Å². The Morgan fingerprint density at radius 1 is 0.878 bits per heavy atom. The Morgan fingerprint density at radius 3 is 2.49 bits per heavy atom. The highest BCUT2D eigenvalue weighted by Gasteiger charge is 2.24. The lowest BCUT2D eigenvalue weighted by molar-refractivity contribution is -0.280. The standard InChI is InChI=1S/C32H28N2O7/c1-3-37-32(36)28-18-25-10-7-11-29(38-20-22-8-5-4-6-9-22)30(25)33(31(28)35)19-23-12-13-24-14-15-27(17-26(24)16-23)34-39-21(2)40-41-34/h4-18,21H,3,19-20H2,1-2H3. The first-order valence-corrected chi connectivity index (χ1v) is 13.3. The first kappa shape index (κ1) is 26.5. The average molecular weight is 553 g/mol. The molecule has 0 radical (unpaired) electrons. The zero-order valence-electron chi connectivity index (χ0n) is 22.6. The van der Waals surface area contributed by atoms with E-state index in [1.54, 1.807) is 24.5 Å². The second-order valence-electron chi connectivity index (χ2n) is 9.60. The maximum Gasteiger partial charge on any atom is 0.343 e. The van der Waals surface area contributed by atoms with E-state index in [9.17, 15) is 9.59 Å². The Bertz CT molecular complexity index is 1780. The van der Waals surface area contributed by atoms with Gasteiger partial charge in [0.05, 0.1) is 24.4 Å². The molecule has 9 nitrogen and oxygen atoms in total. The van der Waals surface area contributed by atoms with Gasteiger partial charge in [-0.1, -0.05) is 70.9 Å². The smallest absolute Gasteiger partial charge is 0.343 e. The fraction of sp³-hybridized carbons (Fsp3) is 0.188. The molecule has 41 heavy (non-hydrogen) atoms. The van der Waals surface area contributed by atoms with E-state index in [0.29, 0.717) is 28.9 Å². The molecule has 0 saturated carbocycles. The number of para-hydroxylation sites is 1. The van der Waals surface area contributed by atoms with Crippen molar-refractivity contribution >= 4 is 33.3 Å². The van der Waals surface area contributed by atoms with Crippen molar-refractivity contribution in [1.82, 2.24) is 4.57 Å². The van der Waals surface area contributed by atoms with E-state index in [1.807, 2.05) is 84.9 Å². The number of pyridine rings is 1. The van der Waals surface area contributed by atoms with Crippen LogP contribution in [0.1, 0.15) is 35.3 Å². The molecule has 1 aromatic heterocycles. The van der Waals surface area contributed by atoms with Crippen LogP contribution in [0.25, 0.3) is 21.7 Å². The van der Waals surface area contributed by atoms with Crippen LogP contribution in [0, 0.1) is 0 Å². The number of aromatic nitrogens is 1. The molecule has 2 heterocycles. The van der Waals surface area contributed by atoms with Gasteiger partial charge in [-0.15, -0.1) is 0 Å². The molecular weight excluding hydrogens is 524 g/mol. The molecule has 1 fully saturated rings. The topological polar surface area (TPSA) is 88.5 Å². The minimum absolute atomic E-state index is 0.0277. The number of anilines is 1. The van der Waals surface area contributed by atoms with Gasteiger partial charge in [0.1, 0.15) is 17.9 Å². The summed E-state index contributed by atoms with van der Waals surface area (Å²) in [5, 5.41) is 3.81. The van der Waals surface area contributed by atoms with Crippen LogP contribution >= 0.6 is 0 Å². The van der Waals surface area contributed by atoms with E-state index < -0.39 is 17.8 Å². The Labute approximate surface area is 235 Å². The summed E-state index contributed by atoms with van der Waals surface area (Å²) in [6, 6.07) is 28.5. The number of ether oxygens (including phenoxy) is 2. The van der Waals surface area contributed by atoms with Gasteiger partial charge in [-0.05, 0) is 66.1 Å². The van der Waals surface area contributed by atoms with Gasteiger partial charge in [0.15, 0.2) is 0 Å². The van der Waals surface area contributed by atoms with E-state index >= 15 is 0 Å². The monoisotopic (exact) mass is 552 g/mol. The molecule has 1 aliphatic heterocycles. The normalized spacial score (nSPS) is 15.0. The van der Waals surface area contributed by atoms with Gasteiger partial charge in [0.25, 0.3) is 5.56 Å². The van der Waals surface area contributed by atoms with E-state index in [4.69, 9.17) is 24.2 Å². The number of esters is 1. The number of benzene rings is 4. The summed E-state index contributed by atoms with van der Waals surface area (Å²) in [5.41, 5.74) is 2.62. The summed E-state index contributed by atoms with van der Waals surface area (Å²) in [6.07, 6.45) is -0.526. The summed E-state index contributed by atoms with van der Waals surface area (Å²) >= 11 is 0. The molecule has 1 aliphatic rings. The number of hydrogen-bond acceptors (Lipinski definition) is 8.